The molecule has 0 bridgehead atoms. The molecular formula is C14H22ClN3O3S. The van der Waals surface area contributed by atoms with Crippen molar-refractivity contribution in [2.75, 3.05) is 31.7 Å². The minimum atomic E-state index is -3.18. The minimum Gasteiger partial charge on any atom is -0.326 e. The molecule has 0 aliphatic carbocycles. The van der Waals surface area contributed by atoms with Gasteiger partial charge in [0.15, 0.2) is 0 Å². The van der Waals surface area contributed by atoms with Crippen molar-refractivity contribution in [1.82, 2.24) is 9.62 Å². The van der Waals surface area contributed by atoms with E-state index in [4.69, 9.17) is 0 Å². The Morgan fingerprint density at radius 1 is 1.36 bits per heavy atom. The molecule has 8 heteroatoms. The number of carbonyl (C=O) groups is 1. The van der Waals surface area contributed by atoms with Gasteiger partial charge in [0.25, 0.3) is 0 Å². The lowest BCUT2D eigenvalue weighted by Gasteiger charge is -2.28. The summed E-state index contributed by atoms with van der Waals surface area (Å²) in [6.07, 6.45) is 2.25. The highest BCUT2D eigenvalue weighted by molar-refractivity contribution is 7.88. The lowest BCUT2D eigenvalue weighted by molar-refractivity contribution is -0.116. The predicted octanol–water partition coefficient (Wildman–Crippen LogP) is 0.974. The summed E-state index contributed by atoms with van der Waals surface area (Å²) in [6.45, 7) is 1.45. The van der Waals surface area contributed by atoms with Gasteiger partial charge in [0.05, 0.1) is 6.26 Å². The summed E-state index contributed by atoms with van der Waals surface area (Å²) in [6, 6.07) is 5.63. The van der Waals surface area contributed by atoms with E-state index >= 15 is 0 Å². The first-order valence-corrected chi connectivity index (χ1v) is 8.77. The van der Waals surface area contributed by atoms with Crippen LogP contribution in [-0.4, -0.2) is 45.0 Å². The fraction of sp³-hybridized carbons (Fsp3) is 0.500. The molecule has 0 radical (unpaired) electrons. The van der Waals surface area contributed by atoms with Crippen LogP contribution < -0.4 is 10.6 Å². The number of sulfonamides is 1. The quantitative estimate of drug-likeness (QED) is 0.832. The average molecular weight is 348 g/mol. The van der Waals surface area contributed by atoms with Crippen LogP contribution in [0.5, 0.6) is 0 Å². The topological polar surface area (TPSA) is 78.5 Å². The van der Waals surface area contributed by atoms with Crippen LogP contribution >= 0.6 is 12.4 Å². The third kappa shape index (κ3) is 4.67. The fourth-order valence-electron chi connectivity index (χ4n) is 2.43. The fourth-order valence-corrected chi connectivity index (χ4v) is 3.23. The van der Waals surface area contributed by atoms with E-state index in [9.17, 15) is 13.2 Å². The van der Waals surface area contributed by atoms with Crippen LogP contribution in [0.4, 0.5) is 5.69 Å². The Balaban J connectivity index is 0.00000242. The Labute approximate surface area is 137 Å². The van der Waals surface area contributed by atoms with Crippen LogP contribution in [0.25, 0.3) is 0 Å². The van der Waals surface area contributed by atoms with Crippen molar-refractivity contribution >= 4 is 34.0 Å². The lowest BCUT2D eigenvalue weighted by atomic mass is 9.99. The average Bonchev–Trinajstić information content (AvgIpc) is 2.44. The highest BCUT2D eigenvalue weighted by atomic mass is 35.5. The summed E-state index contributed by atoms with van der Waals surface area (Å²) in [5, 5.41) is 5.85. The van der Waals surface area contributed by atoms with E-state index in [-0.39, 0.29) is 18.3 Å². The standard InChI is InChI=1S/C14H21N3O3S.ClH/c1-15-8-6-14(18)16-13-5-3-4-11-10-17(21(2,19)20)9-7-12(11)13;/h3-5,15H,6-10H2,1-2H3,(H,16,18);1H. The molecule has 1 aliphatic rings. The highest BCUT2D eigenvalue weighted by Crippen LogP contribution is 2.27. The summed E-state index contributed by atoms with van der Waals surface area (Å²) in [5.41, 5.74) is 2.79. The first-order chi connectivity index (χ1) is 9.91. The molecule has 0 fully saturated rings. The molecule has 2 N–H and O–H groups in total. The molecule has 1 heterocycles. The number of fused-ring (bicyclic) bond motifs is 1. The van der Waals surface area contributed by atoms with Crippen molar-refractivity contribution in [1.29, 1.82) is 0 Å². The van der Waals surface area contributed by atoms with Gasteiger partial charge in [0, 0.05) is 31.7 Å². The molecular weight excluding hydrogens is 326 g/mol. The Bertz CT molecular complexity index is 634. The van der Waals surface area contributed by atoms with Gasteiger partial charge in [0.2, 0.25) is 15.9 Å². The van der Waals surface area contributed by atoms with E-state index in [1.54, 1.807) is 7.05 Å². The van der Waals surface area contributed by atoms with Crippen molar-refractivity contribution in [3.05, 3.63) is 29.3 Å². The number of nitrogens with one attached hydrogen (secondary N) is 2. The first-order valence-electron chi connectivity index (χ1n) is 6.92. The molecule has 1 aliphatic heterocycles. The van der Waals surface area contributed by atoms with E-state index in [1.807, 2.05) is 18.2 Å². The summed E-state index contributed by atoms with van der Waals surface area (Å²) >= 11 is 0. The second kappa shape index (κ2) is 7.92. The molecule has 124 valence electrons. The van der Waals surface area contributed by atoms with Crippen molar-refractivity contribution in [2.45, 2.75) is 19.4 Å². The van der Waals surface area contributed by atoms with Crippen molar-refractivity contribution in [3.8, 4) is 0 Å². The van der Waals surface area contributed by atoms with E-state index in [1.165, 1.54) is 10.6 Å². The molecule has 1 amide bonds. The number of carbonyl (C=O) groups excluding carboxylic acids is 1. The van der Waals surface area contributed by atoms with Crippen LogP contribution in [0.15, 0.2) is 18.2 Å². The maximum Gasteiger partial charge on any atom is 0.225 e. The molecule has 0 aromatic heterocycles. The van der Waals surface area contributed by atoms with Gasteiger partial charge < -0.3 is 10.6 Å². The maximum atomic E-state index is 11.8. The van der Waals surface area contributed by atoms with E-state index < -0.39 is 10.0 Å². The molecule has 0 spiro atoms. The third-order valence-electron chi connectivity index (χ3n) is 3.58. The summed E-state index contributed by atoms with van der Waals surface area (Å²) in [4.78, 5) is 11.8. The van der Waals surface area contributed by atoms with Gasteiger partial charge in [0.1, 0.15) is 0 Å². The van der Waals surface area contributed by atoms with Crippen LogP contribution in [0, 0.1) is 0 Å². The monoisotopic (exact) mass is 347 g/mol. The predicted molar refractivity (Wildman–Crippen MR) is 89.8 cm³/mol. The Morgan fingerprint density at radius 3 is 2.73 bits per heavy atom. The number of hydrogen-bond donors (Lipinski definition) is 2. The summed E-state index contributed by atoms with van der Waals surface area (Å²) in [5.74, 6) is -0.0386. The Morgan fingerprint density at radius 2 is 2.09 bits per heavy atom. The maximum absolute atomic E-state index is 11.8. The van der Waals surface area contributed by atoms with E-state index in [0.717, 1.165) is 16.8 Å². The molecule has 0 saturated heterocycles. The Kier molecular flexibility index (Phi) is 6.80. The van der Waals surface area contributed by atoms with E-state index in [2.05, 4.69) is 10.6 Å². The zero-order valence-corrected chi connectivity index (χ0v) is 14.4. The Hall–Kier alpha value is -1.15. The molecule has 22 heavy (non-hydrogen) atoms. The summed E-state index contributed by atoms with van der Waals surface area (Å²) in [7, 11) is -1.38. The molecule has 2 rings (SSSR count). The van der Waals surface area contributed by atoms with Gasteiger partial charge in [-0.25, -0.2) is 8.42 Å². The van der Waals surface area contributed by atoms with Gasteiger partial charge in [-0.15, -0.1) is 12.4 Å². The first kappa shape index (κ1) is 18.9. The second-order valence-electron chi connectivity index (χ2n) is 5.19. The van der Waals surface area contributed by atoms with Gasteiger partial charge in [-0.05, 0) is 30.7 Å². The highest BCUT2D eigenvalue weighted by Gasteiger charge is 2.24. The molecule has 0 unspecified atom stereocenters. The molecule has 1 aromatic rings. The second-order valence-corrected chi connectivity index (χ2v) is 7.17. The largest absolute Gasteiger partial charge is 0.326 e. The zero-order valence-electron chi connectivity index (χ0n) is 12.8. The van der Waals surface area contributed by atoms with Crippen LogP contribution in [0.3, 0.4) is 0 Å². The number of halogens is 1. The van der Waals surface area contributed by atoms with Gasteiger partial charge in [-0.1, -0.05) is 12.1 Å². The zero-order chi connectivity index (χ0) is 15.5. The number of anilines is 1. The molecule has 0 saturated carbocycles. The molecule has 1 aromatic carbocycles. The number of rotatable bonds is 5. The van der Waals surface area contributed by atoms with E-state index in [0.29, 0.717) is 32.5 Å². The number of benzene rings is 1. The van der Waals surface area contributed by atoms with Crippen molar-refractivity contribution < 1.29 is 13.2 Å². The van der Waals surface area contributed by atoms with Crippen molar-refractivity contribution in [3.63, 3.8) is 0 Å². The molecule has 6 nitrogen and oxygen atoms in total. The van der Waals surface area contributed by atoms with Crippen LogP contribution in [-0.2, 0) is 27.8 Å². The lowest BCUT2D eigenvalue weighted by Crippen LogP contribution is -2.35. The number of hydrogen-bond acceptors (Lipinski definition) is 4. The SMILES string of the molecule is CNCCC(=O)Nc1cccc2c1CCN(S(C)(=O)=O)C2.Cl. The molecule has 0 atom stereocenters. The van der Waals surface area contributed by atoms with Crippen LogP contribution in [0.1, 0.15) is 17.5 Å². The third-order valence-corrected chi connectivity index (χ3v) is 4.83. The van der Waals surface area contributed by atoms with Gasteiger partial charge in [-0.2, -0.15) is 4.31 Å². The smallest absolute Gasteiger partial charge is 0.225 e. The van der Waals surface area contributed by atoms with Crippen LogP contribution in [0.2, 0.25) is 0 Å². The minimum absolute atomic E-state index is 0. The number of nitrogens with zero attached hydrogens (tertiary/aromatic N) is 1. The van der Waals surface area contributed by atoms with Crippen molar-refractivity contribution in [2.24, 2.45) is 0 Å². The number of amides is 1. The normalized spacial score (nSPS) is 14.8. The van der Waals surface area contributed by atoms with Gasteiger partial charge in [-0.3, -0.25) is 4.79 Å². The van der Waals surface area contributed by atoms with Gasteiger partial charge >= 0.3 is 0 Å². The summed E-state index contributed by atoms with van der Waals surface area (Å²) < 4.78 is 24.7.